The normalized spacial score (nSPS) is 11.3. The van der Waals surface area contributed by atoms with E-state index in [0.717, 1.165) is 10.7 Å². The number of halogens is 4. The van der Waals surface area contributed by atoms with E-state index in [1.165, 1.54) is 6.07 Å². The molecule has 0 aliphatic heterocycles. The number of hydrogen-bond acceptors (Lipinski definition) is 2. The largest absolute Gasteiger partial charge is 0.435 e. The fourth-order valence-electron chi connectivity index (χ4n) is 1.60. The number of nitriles is 1. The number of para-hydroxylation sites is 1. The number of nitrogens with zero attached hydrogens (tertiary/aromatic N) is 3. The van der Waals surface area contributed by atoms with Crippen molar-refractivity contribution < 1.29 is 13.2 Å². The van der Waals surface area contributed by atoms with Gasteiger partial charge < -0.3 is 0 Å². The first-order valence-electron chi connectivity index (χ1n) is 5.21. The first kappa shape index (κ1) is 13.4. The summed E-state index contributed by atoms with van der Waals surface area (Å²) in [5.74, 6) is 0. The highest BCUT2D eigenvalue weighted by molar-refractivity contribution is 6.32. The minimum absolute atomic E-state index is 0.142. The molecule has 19 heavy (non-hydrogen) atoms. The zero-order chi connectivity index (χ0) is 14.0. The maximum Gasteiger partial charge on any atom is 0.435 e. The fourth-order valence-corrected chi connectivity index (χ4v) is 1.81. The summed E-state index contributed by atoms with van der Waals surface area (Å²) in [5.41, 5.74) is -0.592. The van der Waals surface area contributed by atoms with Gasteiger partial charge in [-0.3, -0.25) is 0 Å². The lowest BCUT2D eigenvalue weighted by atomic mass is 10.2. The molecule has 3 nitrogen and oxygen atoms in total. The van der Waals surface area contributed by atoms with Gasteiger partial charge in [0.15, 0.2) is 5.69 Å². The standard InChI is InChI=1S/C12H7ClF3N3/c13-9-3-1-2-4-10(9)19-8(5-6-17)7-11(18-19)12(14,15)16/h1-4,7H,5H2. The van der Waals surface area contributed by atoms with Crippen molar-refractivity contribution in [3.8, 4) is 11.8 Å². The maximum absolute atomic E-state index is 12.6. The number of hydrogen-bond donors (Lipinski definition) is 0. The Balaban J connectivity index is 2.60. The van der Waals surface area contributed by atoms with Crippen LogP contribution in [0.5, 0.6) is 0 Å². The average Bonchev–Trinajstić information content (AvgIpc) is 2.74. The van der Waals surface area contributed by atoms with Crippen molar-refractivity contribution in [2.75, 3.05) is 0 Å². The topological polar surface area (TPSA) is 41.6 Å². The Morgan fingerprint density at radius 1 is 1.32 bits per heavy atom. The molecular weight excluding hydrogens is 279 g/mol. The lowest BCUT2D eigenvalue weighted by Gasteiger charge is -2.07. The van der Waals surface area contributed by atoms with Crippen molar-refractivity contribution in [3.05, 3.63) is 46.7 Å². The van der Waals surface area contributed by atoms with E-state index in [9.17, 15) is 13.2 Å². The molecule has 7 heteroatoms. The summed E-state index contributed by atoms with van der Waals surface area (Å²) in [6.07, 6.45) is -4.75. The molecule has 0 radical (unpaired) electrons. The van der Waals surface area contributed by atoms with Crippen molar-refractivity contribution >= 4 is 11.6 Å². The van der Waals surface area contributed by atoms with Crippen LogP contribution in [-0.2, 0) is 12.6 Å². The van der Waals surface area contributed by atoms with Crippen LogP contribution in [0.2, 0.25) is 5.02 Å². The molecule has 0 saturated heterocycles. The molecule has 0 atom stereocenters. The Labute approximate surface area is 111 Å². The van der Waals surface area contributed by atoms with Gasteiger partial charge in [-0.15, -0.1) is 0 Å². The lowest BCUT2D eigenvalue weighted by Crippen LogP contribution is -2.08. The van der Waals surface area contributed by atoms with E-state index in [4.69, 9.17) is 16.9 Å². The highest BCUT2D eigenvalue weighted by Gasteiger charge is 2.35. The molecule has 0 amide bonds. The molecule has 98 valence electrons. The first-order valence-corrected chi connectivity index (χ1v) is 5.59. The van der Waals surface area contributed by atoms with E-state index < -0.39 is 11.9 Å². The van der Waals surface area contributed by atoms with E-state index in [1.54, 1.807) is 18.2 Å². The van der Waals surface area contributed by atoms with Crippen molar-refractivity contribution in [2.45, 2.75) is 12.6 Å². The van der Waals surface area contributed by atoms with Crippen molar-refractivity contribution in [1.82, 2.24) is 9.78 Å². The van der Waals surface area contributed by atoms with Gasteiger partial charge in [-0.1, -0.05) is 23.7 Å². The zero-order valence-corrected chi connectivity index (χ0v) is 10.2. The van der Waals surface area contributed by atoms with Gasteiger partial charge in [0, 0.05) is 0 Å². The number of rotatable bonds is 2. The number of alkyl halides is 3. The molecule has 1 heterocycles. The van der Waals surface area contributed by atoms with Crippen LogP contribution in [0.1, 0.15) is 11.4 Å². The summed E-state index contributed by atoms with van der Waals surface area (Å²) in [7, 11) is 0. The second kappa shape index (κ2) is 4.94. The molecule has 0 unspecified atom stereocenters. The minimum atomic E-state index is -4.56. The summed E-state index contributed by atoms with van der Waals surface area (Å²) < 4.78 is 39.0. The molecule has 2 rings (SSSR count). The predicted octanol–water partition coefficient (Wildman–Crippen LogP) is 3.61. The monoisotopic (exact) mass is 285 g/mol. The third-order valence-electron chi connectivity index (χ3n) is 2.41. The predicted molar refractivity (Wildman–Crippen MR) is 62.9 cm³/mol. The zero-order valence-electron chi connectivity index (χ0n) is 9.45. The smallest absolute Gasteiger partial charge is 0.235 e. The van der Waals surface area contributed by atoms with Crippen LogP contribution < -0.4 is 0 Å². The van der Waals surface area contributed by atoms with E-state index in [0.29, 0.717) is 5.69 Å². The second-order valence-electron chi connectivity index (χ2n) is 3.72. The Kier molecular flexibility index (Phi) is 3.49. The Hall–Kier alpha value is -2.00. The van der Waals surface area contributed by atoms with Gasteiger partial charge in [-0.05, 0) is 18.2 Å². The Morgan fingerprint density at radius 2 is 2.00 bits per heavy atom. The molecule has 0 spiro atoms. The van der Waals surface area contributed by atoms with Crippen LogP contribution in [0.3, 0.4) is 0 Å². The first-order chi connectivity index (χ1) is 8.93. The van der Waals surface area contributed by atoms with Gasteiger partial charge in [-0.25, -0.2) is 4.68 Å². The summed E-state index contributed by atoms with van der Waals surface area (Å²) in [4.78, 5) is 0. The van der Waals surface area contributed by atoms with Gasteiger partial charge in [0.25, 0.3) is 0 Å². The van der Waals surface area contributed by atoms with Crippen LogP contribution in [0.15, 0.2) is 30.3 Å². The van der Waals surface area contributed by atoms with Crippen LogP contribution in [-0.4, -0.2) is 9.78 Å². The van der Waals surface area contributed by atoms with E-state index in [1.807, 2.05) is 6.07 Å². The molecule has 1 aromatic heterocycles. The van der Waals surface area contributed by atoms with Gasteiger partial charge in [0.1, 0.15) is 0 Å². The van der Waals surface area contributed by atoms with Gasteiger partial charge in [-0.2, -0.15) is 23.5 Å². The Bertz CT molecular complexity index is 640. The number of aromatic nitrogens is 2. The molecular formula is C12H7ClF3N3. The lowest BCUT2D eigenvalue weighted by molar-refractivity contribution is -0.141. The molecule has 0 bridgehead atoms. The van der Waals surface area contributed by atoms with Gasteiger partial charge in [0.05, 0.1) is 28.9 Å². The fraction of sp³-hybridized carbons (Fsp3) is 0.167. The highest BCUT2D eigenvalue weighted by atomic mass is 35.5. The molecule has 0 fully saturated rings. The molecule has 0 N–H and O–H groups in total. The summed E-state index contributed by atoms with van der Waals surface area (Å²) in [6.45, 7) is 0. The molecule has 0 saturated carbocycles. The maximum atomic E-state index is 12.6. The molecule has 0 aliphatic rings. The van der Waals surface area contributed by atoms with E-state index in [-0.39, 0.29) is 17.1 Å². The third-order valence-corrected chi connectivity index (χ3v) is 2.73. The average molecular weight is 286 g/mol. The molecule has 1 aromatic carbocycles. The van der Waals surface area contributed by atoms with Crippen LogP contribution in [0.4, 0.5) is 13.2 Å². The van der Waals surface area contributed by atoms with Gasteiger partial charge >= 0.3 is 6.18 Å². The third kappa shape index (κ3) is 2.71. The van der Waals surface area contributed by atoms with E-state index in [2.05, 4.69) is 5.10 Å². The quantitative estimate of drug-likeness (QED) is 0.846. The highest BCUT2D eigenvalue weighted by Crippen LogP contribution is 2.30. The summed E-state index contributed by atoms with van der Waals surface area (Å²) in [6, 6.07) is 9.03. The molecule has 0 aliphatic carbocycles. The van der Waals surface area contributed by atoms with Crippen LogP contribution in [0, 0.1) is 11.3 Å². The summed E-state index contributed by atoms with van der Waals surface area (Å²) in [5, 5.41) is 12.4. The van der Waals surface area contributed by atoms with Crippen molar-refractivity contribution in [1.29, 1.82) is 5.26 Å². The van der Waals surface area contributed by atoms with Crippen molar-refractivity contribution in [3.63, 3.8) is 0 Å². The number of benzene rings is 1. The van der Waals surface area contributed by atoms with Gasteiger partial charge in [0.2, 0.25) is 0 Å². The molecule has 2 aromatic rings. The summed E-state index contributed by atoms with van der Waals surface area (Å²) >= 11 is 5.93. The van der Waals surface area contributed by atoms with Crippen molar-refractivity contribution in [2.24, 2.45) is 0 Å². The van der Waals surface area contributed by atoms with Crippen LogP contribution >= 0.6 is 11.6 Å². The van der Waals surface area contributed by atoms with Crippen LogP contribution in [0.25, 0.3) is 5.69 Å². The Morgan fingerprint density at radius 3 is 2.58 bits per heavy atom. The minimum Gasteiger partial charge on any atom is -0.235 e. The SMILES string of the molecule is N#CCc1cc(C(F)(F)F)nn1-c1ccccc1Cl. The van der Waals surface area contributed by atoms with E-state index >= 15 is 0 Å². The second-order valence-corrected chi connectivity index (χ2v) is 4.12.